The van der Waals surface area contributed by atoms with E-state index in [0.29, 0.717) is 25.3 Å². The fourth-order valence-electron chi connectivity index (χ4n) is 3.70. The van der Waals surface area contributed by atoms with Gasteiger partial charge in [-0.05, 0) is 51.7 Å². The van der Waals surface area contributed by atoms with E-state index in [2.05, 4.69) is 25.2 Å². The predicted molar refractivity (Wildman–Crippen MR) is 137 cm³/mol. The van der Waals surface area contributed by atoms with Crippen molar-refractivity contribution in [2.24, 2.45) is 5.92 Å². The maximum absolute atomic E-state index is 13.0. The zero-order valence-electron chi connectivity index (χ0n) is 22.5. The first-order valence-electron chi connectivity index (χ1n) is 12.4. The molecule has 37 heavy (non-hydrogen) atoms. The molecule has 3 N–H and O–H groups in total. The van der Waals surface area contributed by atoms with Crippen LogP contribution >= 0.6 is 0 Å². The van der Waals surface area contributed by atoms with Crippen LogP contribution in [0.1, 0.15) is 63.7 Å². The second-order valence-corrected chi connectivity index (χ2v) is 10.4. The average Bonchev–Trinajstić information content (AvgIpc) is 3.46. The molecular weight excluding hydrogens is 478 g/mol. The van der Waals surface area contributed by atoms with Crippen LogP contribution in [-0.4, -0.2) is 75.3 Å². The number of aromatic nitrogens is 2. The molecule has 204 valence electrons. The molecule has 2 unspecified atom stereocenters. The van der Waals surface area contributed by atoms with Crippen LogP contribution in [0, 0.1) is 12.8 Å². The molecule has 1 aromatic heterocycles. The number of nitrogens with zero attached hydrogens (tertiary/aromatic N) is 3. The minimum Gasteiger partial charge on any atom is -0.483 e. The highest BCUT2D eigenvalue weighted by Crippen LogP contribution is 2.20. The third-order valence-corrected chi connectivity index (χ3v) is 5.26. The lowest BCUT2D eigenvalue weighted by atomic mass is 10.0. The van der Waals surface area contributed by atoms with Crippen molar-refractivity contribution < 1.29 is 28.6 Å². The number of benzene rings is 1. The molecule has 3 rings (SSSR count). The standard InChI is InChI=1S/C23H35N3O5.C3H4N2O/c1-15(2)12-18(22(30)26-11-10-16(27)13-26)24-21(29)17-8-6-7-9-19(17)31-14-20(28)25-23(3,4)5;1-3-5-4-2-6-3/h6-9,15-16,18,27H,10-14H2,1-5H3,(H,24,29)(H,25,28);2H,1H3. The number of amides is 3. The highest BCUT2D eigenvalue weighted by molar-refractivity contribution is 5.99. The largest absolute Gasteiger partial charge is 0.483 e. The van der Waals surface area contributed by atoms with Gasteiger partial charge in [0, 0.05) is 25.6 Å². The molecule has 11 heteroatoms. The number of nitrogens with one attached hydrogen (secondary N) is 2. The molecule has 1 saturated heterocycles. The van der Waals surface area contributed by atoms with Gasteiger partial charge >= 0.3 is 0 Å². The Balaban J connectivity index is 0.000000700. The Morgan fingerprint density at radius 1 is 1.24 bits per heavy atom. The summed E-state index contributed by atoms with van der Waals surface area (Å²) in [5.41, 5.74) is -0.126. The van der Waals surface area contributed by atoms with Crippen molar-refractivity contribution in [1.29, 1.82) is 0 Å². The highest BCUT2D eigenvalue weighted by Gasteiger charge is 2.32. The summed E-state index contributed by atoms with van der Waals surface area (Å²) in [5.74, 6) is 0.149. The number of hydrogen-bond acceptors (Lipinski definition) is 8. The lowest BCUT2D eigenvalue weighted by molar-refractivity contribution is -0.133. The first-order chi connectivity index (χ1) is 17.4. The van der Waals surface area contributed by atoms with Crippen molar-refractivity contribution in [2.75, 3.05) is 19.7 Å². The van der Waals surface area contributed by atoms with E-state index in [1.54, 1.807) is 36.1 Å². The fraction of sp³-hybridized carbons (Fsp3) is 0.577. The molecule has 1 aliphatic rings. The van der Waals surface area contributed by atoms with Crippen molar-refractivity contribution in [1.82, 2.24) is 25.7 Å². The molecule has 0 saturated carbocycles. The normalized spacial score (nSPS) is 16.0. The van der Waals surface area contributed by atoms with Gasteiger partial charge in [-0.25, -0.2) is 0 Å². The summed E-state index contributed by atoms with van der Waals surface area (Å²) < 4.78 is 10.2. The van der Waals surface area contributed by atoms with E-state index >= 15 is 0 Å². The van der Waals surface area contributed by atoms with Crippen LogP contribution in [0.4, 0.5) is 0 Å². The van der Waals surface area contributed by atoms with E-state index < -0.39 is 18.1 Å². The Morgan fingerprint density at radius 3 is 2.46 bits per heavy atom. The van der Waals surface area contributed by atoms with Gasteiger partial charge in [-0.2, -0.15) is 0 Å². The van der Waals surface area contributed by atoms with Crippen LogP contribution < -0.4 is 15.4 Å². The van der Waals surface area contributed by atoms with Crippen LogP contribution in [0.5, 0.6) is 5.75 Å². The molecule has 0 bridgehead atoms. The van der Waals surface area contributed by atoms with Crippen molar-refractivity contribution in [3.05, 3.63) is 42.1 Å². The SMILES string of the molecule is CC(C)CC(NC(=O)c1ccccc1OCC(=O)NC(C)(C)C)C(=O)N1CCC(O)C1.Cc1nnco1. The maximum atomic E-state index is 13.0. The molecule has 0 radical (unpaired) electrons. The van der Waals surface area contributed by atoms with E-state index in [1.165, 1.54) is 6.39 Å². The summed E-state index contributed by atoms with van der Waals surface area (Å²) in [5, 5.41) is 22.3. The van der Waals surface area contributed by atoms with E-state index in [4.69, 9.17) is 4.74 Å². The monoisotopic (exact) mass is 517 g/mol. The number of aliphatic hydroxyl groups is 1. The topological polar surface area (TPSA) is 147 Å². The van der Waals surface area contributed by atoms with Crippen LogP contribution in [0.2, 0.25) is 0 Å². The second-order valence-electron chi connectivity index (χ2n) is 10.4. The summed E-state index contributed by atoms with van der Waals surface area (Å²) in [6, 6.07) is 5.94. The number of ether oxygens (including phenoxy) is 1. The molecule has 11 nitrogen and oxygen atoms in total. The van der Waals surface area contributed by atoms with Gasteiger partial charge in [0.2, 0.25) is 18.2 Å². The maximum Gasteiger partial charge on any atom is 0.258 e. The third kappa shape index (κ3) is 10.6. The minimum absolute atomic E-state index is 0.189. The fourth-order valence-corrected chi connectivity index (χ4v) is 3.70. The van der Waals surface area contributed by atoms with Gasteiger partial charge in [-0.1, -0.05) is 26.0 Å². The minimum atomic E-state index is -0.699. The Labute approximate surface area is 218 Å². The number of para-hydroxylation sites is 1. The number of aryl methyl sites for hydroxylation is 1. The molecule has 2 aromatic rings. The van der Waals surface area contributed by atoms with E-state index in [0.717, 1.165) is 0 Å². The second kappa shape index (κ2) is 13.7. The highest BCUT2D eigenvalue weighted by atomic mass is 16.5. The molecular formula is C26H39N5O6. The zero-order chi connectivity index (χ0) is 27.6. The van der Waals surface area contributed by atoms with Crippen molar-refractivity contribution in [2.45, 2.75) is 72.1 Å². The molecule has 0 spiro atoms. The number of β-amino-alcohol motifs (C(OH)–C–C–N with tert-alkyl or cyclic N) is 1. The Kier molecular flexibility index (Phi) is 11.0. The lowest BCUT2D eigenvalue weighted by Crippen LogP contribution is -2.48. The molecule has 1 fully saturated rings. The van der Waals surface area contributed by atoms with E-state index in [9.17, 15) is 19.5 Å². The average molecular weight is 518 g/mol. The van der Waals surface area contributed by atoms with Crippen molar-refractivity contribution in [3.63, 3.8) is 0 Å². The smallest absolute Gasteiger partial charge is 0.258 e. The quantitative estimate of drug-likeness (QED) is 0.482. The van der Waals surface area contributed by atoms with Crippen LogP contribution in [0.15, 0.2) is 35.1 Å². The van der Waals surface area contributed by atoms with E-state index in [-0.39, 0.29) is 47.7 Å². The van der Waals surface area contributed by atoms with Crippen LogP contribution in [0.3, 0.4) is 0 Å². The van der Waals surface area contributed by atoms with Gasteiger partial charge in [0.25, 0.3) is 11.8 Å². The Morgan fingerprint density at radius 2 is 1.95 bits per heavy atom. The van der Waals surface area contributed by atoms with Gasteiger partial charge in [0.15, 0.2) is 6.61 Å². The van der Waals surface area contributed by atoms with Crippen LogP contribution in [0.25, 0.3) is 0 Å². The number of likely N-dealkylation sites (tertiary alicyclic amines) is 1. The van der Waals surface area contributed by atoms with Gasteiger partial charge in [0.1, 0.15) is 11.8 Å². The number of carbonyl (C=O) groups is 3. The first kappa shape index (κ1) is 29.8. The first-order valence-corrected chi connectivity index (χ1v) is 12.4. The molecule has 1 aliphatic heterocycles. The van der Waals surface area contributed by atoms with E-state index in [1.807, 2.05) is 34.6 Å². The summed E-state index contributed by atoms with van der Waals surface area (Å²) >= 11 is 0. The summed E-state index contributed by atoms with van der Waals surface area (Å²) in [7, 11) is 0. The zero-order valence-corrected chi connectivity index (χ0v) is 22.5. The van der Waals surface area contributed by atoms with Crippen LogP contribution in [-0.2, 0) is 9.59 Å². The van der Waals surface area contributed by atoms with Gasteiger partial charge < -0.3 is 29.8 Å². The molecule has 2 atom stereocenters. The van der Waals surface area contributed by atoms with Gasteiger partial charge in [0.05, 0.1) is 11.7 Å². The third-order valence-electron chi connectivity index (χ3n) is 5.26. The van der Waals surface area contributed by atoms with Crippen molar-refractivity contribution in [3.8, 4) is 5.75 Å². The molecule has 2 heterocycles. The molecule has 0 aliphatic carbocycles. The number of rotatable bonds is 8. The van der Waals surface area contributed by atoms with Gasteiger partial charge in [-0.3, -0.25) is 14.4 Å². The van der Waals surface area contributed by atoms with Gasteiger partial charge in [-0.15, -0.1) is 10.2 Å². The summed E-state index contributed by atoms with van der Waals surface area (Å²) in [6.45, 7) is 11.9. The predicted octanol–water partition coefficient (Wildman–Crippen LogP) is 2.10. The van der Waals surface area contributed by atoms with Crippen molar-refractivity contribution >= 4 is 17.7 Å². The number of aliphatic hydroxyl groups excluding tert-OH is 1. The number of hydrogen-bond donors (Lipinski definition) is 3. The number of carbonyl (C=O) groups excluding carboxylic acids is 3. The summed E-state index contributed by atoms with van der Waals surface area (Å²) in [6.07, 6.45) is 1.80. The molecule has 1 aromatic carbocycles. The lowest BCUT2D eigenvalue weighted by Gasteiger charge is -2.25. The Bertz CT molecular complexity index is 1020. The molecule has 3 amide bonds. The Hall–Kier alpha value is -3.47. The summed E-state index contributed by atoms with van der Waals surface area (Å²) in [4.78, 5) is 39.6.